The second-order valence-corrected chi connectivity index (χ2v) is 4.47. The van der Waals surface area contributed by atoms with Crippen LogP contribution < -0.4 is 5.32 Å². The van der Waals surface area contributed by atoms with Gasteiger partial charge in [-0.05, 0) is 13.8 Å². The molecule has 0 aromatic rings. The first-order valence-corrected chi connectivity index (χ1v) is 5.57. The Morgan fingerprint density at radius 1 is 1.50 bits per heavy atom. The van der Waals surface area contributed by atoms with Crippen LogP contribution in [0, 0.1) is 0 Å². The second-order valence-electron chi connectivity index (χ2n) is 4.47. The predicted molar refractivity (Wildman–Crippen MR) is 57.1 cm³/mol. The Bertz CT molecular complexity index is 306. The molecule has 2 fully saturated rings. The molecular weight excluding hydrogens is 210 g/mol. The molecule has 16 heavy (non-hydrogen) atoms. The van der Waals surface area contributed by atoms with E-state index in [-0.39, 0.29) is 24.2 Å². The van der Waals surface area contributed by atoms with Gasteiger partial charge in [-0.15, -0.1) is 0 Å². The predicted octanol–water partition coefficient (Wildman–Crippen LogP) is 0.241. The van der Waals surface area contributed by atoms with Gasteiger partial charge in [0, 0.05) is 25.7 Å². The maximum absolute atomic E-state index is 11.7. The number of rotatable bonds is 1. The highest BCUT2D eigenvalue weighted by atomic mass is 16.6. The number of hydrogen-bond donors (Lipinski definition) is 1. The molecule has 0 bridgehead atoms. The third kappa shape index (κ3) is 2.05. The third-order valence-corrected chi connectivity index (χ3v) is 2.82. The van der Waals surface area contributed by atoms with E-state index in [9.17, 15) is 9.59 Å². The van der Waals surface area contributed by atoms with Crippen molar-refractivity contribution in [3.8, 4) is 0 Å². The molecule has 6 heteroatoms. The fraction of sp³-hybridized carbons (Fsp3) is 0.800. The van der Waals surface area contributed by atoms with Gasteiger partial charge in [-0.25, -0.2) is 9.59 Å². The summed E-state index contributed by atoms with van der Waals surface area (Å²) < 4.78 is 4.94. The number of cyclic esters (lactones) is 1. The lowest BCUT2D eigenvalue weighted by molar-refractivity contribution is 0.126. The number of fused-ring (bicyclic) bond motifs is 1. The number of hydrogen-bond acceptors (Lipinski definition) is 3. The van der Waals surface area contributed by atoms with E-state index in [0.717, 1.165) is 0 Å². The summed E-state index contributed by atoms with van der Waals surface area (Å²) in [6.45, 7) is 5.94. The number of ether oxygens (including phenoxy) is 1. The zero-order chi connectivity index (χ0) is 11.7. The highest BCUT2D eigenvalue weighted by Crippen LogP contribution is 2.17. The van der Waals surface area contributed by atoms with Crippen LogP contribution in [0.2, 0.25) is 0 Å². The van der Waals surface area contributed by atoms with Crippen molar-refractivity contribution in [3.05, 3.63) is 0 Å². The van der Waals surface area contributed by atoms with Crippen LogP contribution in [0.25, 0.3) is 0 Å². The lowest BCUT2D eigenvalue weighted by Gasteiger charge is -2.35. The summed E-state index contributed by atoms with van der Waals surface area (Å²) in [5, 5.41) is 2.85. The topological polar surface area (TPSA) is 61.9 Å². The standard InChI is InChI=1S/C10H17N3O3/c1-7(2)11-9(14)12-3-4-13-8(5-12)6-16-10(13)15/h7-8H,3-6H2,1-2H3,(H,11,14)/t8-/m1/s1. The van der Waals surface area contributed by atoms with E-state index in [0.29, 0.717) is 26.2 Å². The summed E-state index contributed by atoms with van der Waals surface area (Å²) in [6, 6.07) is 0.0974. The Morgan fingerprint density at radius 3 is 2.94 bits per heavy atom. The quantitative estimate of drug-likeness (QED) is 0.698. The highest BCUT2D eigenvalue weighted by Gasteiger charge is 2.38. The first kappa shape index (κ1) is 11.0. The molecule has 2 saturated heterocycles. The number of urea groups is 1. The molecule has 1 N–H and O–H groups in total. The van der Waals surface area contributed by atoms with Gasteiger partial charge in [0.2, 0.25) is 0 Å². The third-order valence-electron chi connectivity index (χ3n) is 2.82. The normalized spacial score (nSPS) is 24.4. The van der Waals surface area contributed by atoms with E-state index in [2.05, 4.69) is 5.32 Å². The lowest BCUT2D eigenvalue weighted by Crippen LogP contribution is -2.56. The minimum Gasteiger partial charge on any atom is -0.447 e. The van der Waals surface area contributed by atoms with Crippen LogP contribution >= 0.6 is 0 Å². The van der Waals surface area contributed by atoms with E-state index in [1.54, 1.807) is 9.80 Å². The zero-order valence-electron chi connectivity index (χ0n) is 9.60. The van der Waals surface area contributed by atoms with Crippen LogP contribution in [0.5, 0.6) is 0 Å². The molecule has 0 spiro atoms. The molecule has 3 amide bonds. The monoisotopic (exact) mass is 227 g/mol. The molecule has 6 nitrogen and oxygen atoms in total. The maximum atomic E-state index is 11.7. The van der Waals surface area contributed by atoms with E-state index >= 15 is 0 Å². The number of nitrogens with zero attached hydrogens (tertiary/aromatic N) is 2. The Hall–Kier alpha value is -1.46. The van der Waals surface area contributed by atoms with Crippen molar-refractivity contribution in [3.63, 3.8) is 0 Å². The van der Waals surface area contributed by atoms with Crippen molar-refractivity contribution in [2.45, 2.75) is 25.9 Å². The molecule has 2 rings (SSSR count). The van der Waals surface area contributed by atoms with Crippen LogP contribution in [0.3, 0.4) is 0 Å². The molecule has 0 aliphatic carbocycles. The van der Waals surface area contributed by atoms with Crippen molar-refractivity contribution in [1.29, 1.82) is 0 Å². The van der Waals surface area contributed by atoms with Crippen LogP contribution in [0.1, 0.15) is 13.8 Å². The fourth-order valence-corrected chi connectivity index (χ4v) is 2.01. The summed E-state index contributed by atoms with van der Waals surface area (Å²) in [4.78, 5) is 26.4. The zero-order valence-corrected chi connectivity index (χ0v) is 9.60. The molecule has 2 heterocycles. The van der Waals surface area contributed by atoms with Gasteiger partial charge >= 0.3 is 12.1 Å². The largest absolute Gasteiger partial charge is 0.447 e. The molecule has 1 atom stereocenters. The molecule has 0 unspecified atom stereocenters. The smallest absolute Gasteiger partial charge is 0.410 e. The van der Waals surface area contributed by atoms with Gasteiger partial charge in [0.05, 0.1) is 6.04 Å². The summed E-state index contributed by atoms with van der Waals surface area (Å²) in [5.41, 5.74) is 0. The summed E-state index contributed by atoms with van der Waals surface area (Å²) in [6.07, 6.45) is -0.256. The van der Waals surface area contributed by atoms with E-state index in [4.69, 9.17) is 4.74 Å². The van der Waals surface area contributed by atoms with E-state index < -0.39 is 0 Å². The lowest BCUT2D eigenvalue weighted by atomic mass is 10.2. The molecule has 0 aromatic heterocycles. The Balaban J connectivity index is 1.91. The first-order valence-electron chi connectivity index (χ1n) is 5.57. The number of carbonyl (C=O) groups is 2. The van der Waals surface area contributed by atoms with Crippen molar-refractivity contribution in [1.82, 2.24) is 15.1 Å². The van der Waals surface area contributed by atoms with Gasteiger partial charge < -0.3 is 15.0 Å². The molecular formula is C10H17N3O3. The summed E-state index contributed by atoms with van der Waals surface area (Å²) in [7, 11) is 0. The van der Waals surface area contributed by atoms with Crippen LogP contribution in [0.4, 0.5) is 9.59 Å². The van der Waals surface area contributed by atoms with Gasteiger partial charge in [-0.3, -0.25) is 4.90 Å². The Morgan fingerprint density at radius 2 is 2.25 bits per heavy atom. The van der Waals surface area contributed by atoms with Gasteiger partial charge in [0.25, 0.3) is 0 Å². The Labute approximate surface area is 94.5 Å². The number of nitrogens with one attached hydrogen (secondary N) is 1. The molecule has 2 aliphatic heterocycles. The SMILES string of the molecule is CC(C)NC(=O)N1CCN2C(=O)OC[C@H]2C1. The van der Waals surface area contributed by atoms with Crippen molar-refractivity contribution in [2.75, 3.05) is 26.2 Å². The summed E-state index contributed by atoms with van der Waals surface area (Å²) in [5.74, 6) is 0. The van der Waals surface area contributed by atoms with Crippen LogP contribution in [0.15, 0.2) is 0 Å². The van der Waals surface area contributed by atoms with Gasteiger partial charge in [-0.1, -0.05) is 0 Å². The van der Waals surface area contributed by atoms with Gasteiger partial charge in [-0.2, -0.15) is 0 Å². The average Bonchev–Trinajstić information content (AvgIpc) is 2.59. The van der Waals surface area contributed by atoms with E-state index in [1.807, 2.05) is 13.8 Å². The highest BCUT2D eigenvalue weighted by molar-refractivity contribution is 5.76. The molecule has 0 aromatic carbocycles. The van der Waals surface area contributed by atoms with Crippen LogP contribution in [-0.4, -0.2) is 60.2 Å². The average molecular weight is 227 g/mol. The maximum Gasteiger partial charge on any atom is 0.410 e. The molecule has 0 saturated carbocycles. The van der Waals surface area contributed by atoms with Gasteiger partial charge in [0.15, 0.2) is 0 Å². The first-order chi connectivity index (χ1) is 7.58. The van der Waals surface area contributed by atoms with Gasteiger partial charge in [0.1, 0.15) is 6.61 Å². The number of piperazine rings is 1. The van der Waals surface area contributed by atoms with Crippen molar-refractivity contribution in [2.24, 2.45) is 0 Å². The van der Waals surface area contributed by atoms with Crippen LogP contribution in [-0.2, 0) is 4.74 Å². The van der Waals surface area contributed by atoms with E-state index in [1.165, 1.54) is 0 Å². The minimum absolute atomic E-state index is 0.0270. The van der Waals surface area contributed by atoms with Crippen molar-refractivity contribution < 1.29 is 14.3 Å². The Kier molecular flexibility index (Phi) is 2.89. The fourth-order valence-electron chi connectivity index (χ4n) is 2.01. The summed E-state index contributed by atoms with van der Waals surface area (Å²) >= 11 is 0. The number of carbonyl (C=O) groups excluding carboxylic acids is 2. The second kappa shape index (κ2) is 4.19. The number of amides is 3. The molecule has 2 aliphatic rings. The minimum atomic E-state index is -0.256. The van der Waals surface area contributed by atoms with Crippen molar-refractivity contribution >= 4 is 12.1 Å². The molecule has 0 radical (unpaired) electrons. The molecule has 90 valence electrons.